The van der Waals surface area contributed by atoms with Gasteiger partial charge in [-0.3, -0.25) is 4.99 Å². The average molecular weight is 474 g/mol. The van der Waals surface area contributed by atoms with E-state index >= 15 is 0 Å². The van der Waals surface area contributed by atoms with Gasteiger partial charge in [0.15, 0.2) is 5.96 Å². The van der Waals surface area contributed by atoms with Crippen LogP contribution in [0.1, 0.15) is 25.7 Å². The van der Waals surface area contributed by atoms with Crippen molar-refractivity contribution in [3.8, 4) is 0 Å². The van der Waals surface area contributed by atoms with Gasteiger partial charge in [-0.05, 0) is 43.7 Å². The van der Waals surface area contributed by atoms with Crippen molar-refractivity contribution >= 4 is 35.6 Å². The number of nitrogens with one attached hydrogen (secondary N) is 1. The molecule has 0 spiro atoms. The third kappa shape index (κ3) is 9.07. The molecule has 0 saturated heterocycles. The molecule has 2 rings (SSSR count). The number of hydrogen-bond donors (Lipinski definition) is 1. The van der Waals surface area contributed by atoms with Crippen molar-refractivity contribution < 1.29 is 4.74 Å². The molecule has 1 aliphatic rings. The molecule has 0 unspecified atom stereocenters. The molecule has 5 nitrogen and oxygen atoms in total. The Morgan fingerprint density at radius 2 is 1.88 bits per heavy atom. The summed E-state index contributed by atoms with van der Waals surface area (Å²) < 4.78 is 5.70. The normalized spacial score (nSPS) is 13.9. The summed E-state index contributed by atoms with van der Waals surface area (Å²) in [7, 11) is 6.06. The summed E-state index contributed by atoms with van der Waals surface area (Å²) in [6.07, 6.45) is 4.98. The van der Waals surface area contributed by atoms with E-state index in [0.717, 1.165) is 57.6 Å². The number of hydrogen-bond acceptors (Lipinski definition) is 3. The lowest BCUT2D eigenvalue weighted by atomic mass is 10.2. The Balaban J connectivity index is 0.00000338. The molecule has 1 aromatic carbocycles. The maximum absolute atomic E-state index is 5.70. The van der Waals surface area contributed by atoms with Gasteiger partial charge in [-0.1, -0.05) is 18.2 Å². The van der Waals surface area contributed by atoms with E-state index in [0.29, 0.717) is 0 Å². The van der Waals surface area contributed by atoms with E-state index in [2.05, 4.69) is 64.5 Å². The number of likely N-dealkylation sites (N-methyl/N-ethyl adjacent to an activating group) is 1. The fraction of sp³-hybridized carbons (Fsp3) is 0.650. The average Bonchev–Trinajstić information content (AvgIpc) is 3.46. The van der Waals surface area contributed by atoms with E-state index in [-0.39, 0.29) is 24.0 Å². The summed E-state index contributed by atoms with van der Waals surface area (Å²) in [5, 5.41) is 3.45. The second-order valence-electron chi connectivity index (χ2n) is 6.88. The topological polar surface area (TPSA) is 40.1 Å². The van der Waals surface area contributed by atoms with E-state index in [1.165, 1.54) is 18.5 Å². The van der Waals surface area contributed by atoms with Crippen LogP contribution in [0, 0.1) is 5.92 Å². The summed E-state index contributed by atoms with van der Waals surface area (Å²) in [5.74, 6) is 1.78. The second-order valence-corrected chi connectivity index (χ2v) is 6.88. The molecule has 1 aliphatic carbocycles. The Hall–Kier alpha value is -1.02. The van der Waals surface area contributed by atoms with Crippen molar-refractivity contribution in [2.75, 3.05) is 58.9 Å². The molecule has 1 N–H and O–H groups in total. The number of aliphatic imine (C=N–C) groups is 1. The molecular weight excluding hydrogens is 439 g/mol. The molecule has 1 saturated carbocycles. The zero-order valence-electron chi connectivity index (χ0n) is 16.5. The van der Waals surface area contributed by atoms with Gasteiger partial charge in [0.1, 0.15) is 0 Å². The van der Waals surface area contributed by atoms with Crippen LogP contribution >= 0.6 is 24.0 Å². The van der Waals surface area contributed by atoms with Crippen LogP contribution in [0.15, 0.2) is 35.3 Å². The third-order valence-corrected chi connectivity index (χ3v) is 4.60. The number of halogens is 1. The van der Waals surface area contributed by atoms with Gasteiger partial charge in [0.2, 0.25) is 0 Å². The maximum atomic E-state index is 5.70. The summed E-state index contributed by atoms with van der Waals surface area (Å²) in [5.41, 5.74) is 1.28. The maximum Gasteiger partial charge on any atom is 0.193 e. The van der Waals surface area contributed by atoms with Crippen LogP contribution in [0.4, 0.5) is 5.69 Å². The highest BCUT2D eigenvalue weighted by Crippen LogP contribution is 2.28. The van der Waals surface area contributed by atoms with Crippen molar-refractivity contribution in [1.29, 1.82) is 0 Å². The van der Waals surface area contributed by atoms with Crippen molar-refractivity contribution in [3.05, 3.63) is 30.3 Å². The van der Waals surface area contributed by atoms with Crippen LogP contribution in [-0.4, -0.2) is 64.9 Å². The molecule has 0 atom stereocenters. The van der Waals surface area contributed by atoms with Gasteiger partial charge in [-0.25, -0.2) is 0 Å². The van der Waals surface area contributed by atoms with Crippen LogP contribution in [0.3, 0.4) is 0 Å². The van der Waals surface area contributed by atoms with E-state index in [1.54, 1.807) is 0 Å². The fourth-order valence-corrected chi connectivity index (χ4v) is 2.71. The Morgan fingerprint density at radius 1 is 1.15 bits per heavy atom. The lowest BCUT2D eigenvalue weighted by Crippen LogP contribution is -2.41. The highest BCUT2D eigenvalue weighted by molar-refractivity contribution is 14.0. The minimum atomic E-state index is 0. The van der Waals surface area contributed by atoms with Crippen molar-refractivity contribution in [3.63, 3.8) is 0 Å². The molecule has 0 aromatic heterocycles. The molecule has 0 heterocycles. The lowest BCUT2D eigenvalue weighted by molar-refractivity contribution is 0.115. The number of nitrogens with zero attached hydrogens (tertiary/aromatic N) is 3. The van der Waals surface area contributed by atoms with E-state index < -0.39 is 0 Å². The summed E-state index contributed by atoms with van der Waals surface area (Å²) in [6.45, 7) is 4.59. The van der Waals surface area contributed by atoms with Crippen LogP contribution in [0.2, 0.25) is 0 Å². The van der Waals surface area contributed by atoms with Gasteiger partial charge >= 0.3 is 0 Å². The molecule has 0 amide bonds. The number of anilines is 1. The molecule has 6 heteroatoms. The third-order valence-electron chi connectivity index (χ3n) is 4.60. The van der Waals surface area contributed by atoms with Gasteiger partial charge in [0, 0.05) is 53.1 Å². The molecule has 0 bridgehead atoms. The van der Waals surface area contributed by atoms with Crippen LogP contribution in [0.5, 0.6) is 0 Å². The molecule has 26 heavy (non-hydrogen) atoms. The summed E-state index contributed by atoms with van der Waals surface area (Å²) in [4.78, 5) is 8.81. The van der Waals surface area contributed by atoms with E-state index in [1.807, 2.05) is 7.05 Å². The zero-order chi connectivity index (χ0) is 17.9. The number of ether oxygens (including phenoxy) is 1. The Labute approximate surface area is 176 Å². The van der Waals surface area contributed by atoms with Crippen LogP contribution < -0.4 is 10.2 Å². The van der Waals surface area contributed by atoms with Crippen molar-refractivity contribution in [2.45, 2.75) is 25.7 Å². The monoisotopic (exact) mass is 474 g/mol. The van der Waals surface area contributed by atoms with Gasteiger partial charge < -0.3 is 19.9 Å². The highest BCUT2D eigenvalue weighted by atomic mass is 127. The van der Waals surface area contributed by atoms with Crippen LogP contribution in [0.25, 0.3) is 0 Å². The first-order valence-electron chi connectivity index (χ1n) is 9.46. The Bertz CT molecular complexity index is 508. The molecule has 148 valence electrons. The molecule has 1 fully saturated rings. The number of para-hydroxylation sites is 1. The smallest absolute Gasteiger partial charge is 0.193 e. The van der Waals surface area contributed by atoms with Crippen molar-refractivity contribution in [2.24, 2.45) is 10.9 Å². The van der Waals surface area contributed by atoms with Gasteiger partial charge in [0.05, 0.1) is 6.61 Å². The Kier molecular flexibility index (Phi) is 11.7. The first-order valence-corrected chi connectivity index (χ1v) is 9.46. The summed E-state index contributed by atoms with van der Waals surface area (Å²) in [6, 6.07) is 10.5. The minimum Gasteiger partial charge on any atom is -0.379 e. The predicted molar refractivity (Wildman–Crippen MR) is 122 cm³/mol. The molecule has 0 radical (unpaired) electrons. The largest absolute Gasteiger partial charge is 0.379 e. The van der Waals surface area contributed by atoms with Crippen molar-refractivity contribution in [1.82, 2.24) is 10.2 Å². The van der Waals surface area contributed by atoms with Gasteiger partial charge in [0.25, 0.3) is 0 Å². The van der Waals surface area contributed by atoms with E-state index in [4.69, 9.17) is 4.74 Å². The number of unbranched alkanes of at least 4 members (excludes halogenated alkanes) is 1. The second kappa shape index (κ2) is 13.2. The lowest BCUT2D eigenvalue weighted by Gasteiger charge is -2.22. The van der Waals surface area contributed by atoms with Gasteiger partial charge in [-0.15, -0.1) is 24.0 Å². The fourth-order valence-electron chi connectivity index (χ4n) is 2.71. The number of guanidine groups is 1. The predicted octanol–water partition coefficient (Wildman–Crippen LogP) is 3.45. The molecule has 0 aliphatic heterocycles. The first-order chi connectivity index (χ1) is 12.2. The Morgan fingerprint density at radius 3 is 2.54 bits per heavy atom. The van der Waals surface area contributed by atoms with Crippen LogP contribution in [-0.2, 0) is 4.74 Å². The molecular formula is C20H35IN4O. The standard InChI is InChI=1S/C20H34N4O.HI/c1-21-20(24(3)15-16-25-17-18-11-12-18)22-13-7-8-14-23(2)19-9-5-4-6-10-19;/h4-6,9-10,18H,7-8,11-17H2,1-3H3,(H,21,22);1H. The van der Waals surface area contributed by atoms with Gasteiger partial charge in [-0.2, -0.15) is 0 Å². The molecule has 1 aromatic rings. The summed E-state index contributed by atoms with van der Waals surface area (Å²) >= 11 is 0. The number of benzene rings is 1. The van der Waals surface area contributed by atoms with E-state index in [9.17, 15) is 0 Å². The number of rotatable bonds is 11. The highest BCUT2D eigenvalue weighted by Gasteiger charge is 2.21. The first kappa shape index (κ1) is 23.0. The quantitative estimate of drug-likeness (QED) is 0.231. The SMILES string of the molecule is CN=C(NCCCCN(C)c1ccccc1)N(C)CCOCC1CC1.I. The minimum absolute atomic E-state index is 0. The zero-order valence-corrected chi connectivity index (χ0v) is 18.8.